The van der Waals surface area contributed by atoms with Gasteiger partial charge in [-0.2, -0.15) is 0 Å². The minimum atomic E-state index is -0.985. The summed E-state index contributed by atoms with van der Waals surface area (Å²) < 4.78 is 7.06. The number of hydrogen-bond donors (Lipinski definition) is 4. The minimum absolute atomic E-state index is 0.224. The van der Waals surface area contributed by atoms with Crippen LogP contribution in [0.15, 0.2) is 48.5 Å². The first kappa shape index (κ1) is 19.3. The van der Waals surface area contributed by atoms with Crippen molar-refractivity contribution >= 4 is 21.4 Å². The number of phenolic OH excluding ortho intramolecular Hbond substituents is 1. The molecule has 4 atom stereocenters. The van der Waals surface area contributed by atoms with Crippen LogP contribution >= 0.6 is 11.3 Å². The van der Waals surface area contributed by atoms with E-state index in [1.807, 2.05) is 18.2 Å². The molecule has 5 N–H and O–H groups in total. The first-order valence-electron chi connectivity index (χ1n) is 9.18. The van der Waals surface area contributed by atoms with E-state index in [2.05, 4.69) is 18.2 Å². The molecule has 2 heterocycles. The van der Waals surface area contributed by atoms with E-state index >= 15 is 0 Å². The smallest absolute Gasteiger partial charge is 0.119 e. The van der Waals surface area contributed by atoms with Gasteiger partial charge in [0, 0.05) is 22.4 Å². The van der Waals surface area contributed by atoms with Gasteiger partial charge in [0.1, 0.15) is 24.1 Å². The molecule has 0 spiro atoms. The number of thiophene rings is 1. The molecule has 7 heteroatoms. The highest BCUT2D eigenvalue weighted by Gasteiger charge is 2.38. The van der Waals surface area contributed by atoms with Crippen LogP contribution in [0.25, 0.3) is 10.1 Å². The van der Waals surface area contributed by atoms with E-state index in [0.717, 1.165) is 16.0 Å². The number of aliphatic hydroxyl groups excluding tert-OH is 2. The topological polar surface area (TPSA) is 105 Å². The maximum atomic E-state index is 10.3. The van der Waals surface area contributed by atoms with Crippen molar-refractivity contribution in [1.29, 1.82) is 0 Å². The van der Waals surface area contributed by atoms with E-state index in [1.165, 1.54) is 10.1 Å². The first-order chi connectivity index (χ1) is 13.6. The third-order valence-electron chi connectivity index (χ3n) is 5.22. The Morgan fingerprint density at radius 1 is 1.18 bits per heavy atom. The number of nitrogens with two attached hydrogens (primary N) is 1. The van der Waals surface area contributed by atoms with E-state index < -0.39 is 24.4 Å². The normalized spacial score (nSPS) is 25.2. The van der Waals surface area contributed by atoms with Crippen LogP contribution < -0.4 is 5.90 Å². The zero-order valence-corrected chi connectivity index (χ0v) is 16.0. The van der Waals surface area contributed by atoms with Crippen molar-refractivity contribution in [2.45, 2.75) is 37.3 Å². The summed E-state index contributed by atoms with van der Waals surface area (Å²) in [5.41, 5.74) is 1.64. The molecule has 0 radical (unpaired) electrons. The fourth-order valence-corrected chi connectivity index (χ4v) is 4.79. The van der Waals surface area contributed by atoms with E-state index in [9.17, 15) is 15.3 Å². The summed E-state index contributed by atoms with van der Waals surface area (Å²) in [6.07, 6.45) is -1.81. The molecule has 6 nitrogen and oxygen atoms in total. The third kappa shape index (κ3) is 3.77. The highest BCUT2D eigenvalue weighted by atomic mass is 32.1. The van der Waals surface area contributed by atoms with E-state index in [0.29, 0.717) is 12.8 Å². The van der Waals surface area contributed by atoms with Crippen LogP contribution in [0.1, 0.15) is 28.5 Å². The van der Waals surface area contributed by atoms with Crippen molar-refractivity contribution < 1.29 is 24.9 Å². The molecule has 0 saturated carbocycles. The minimum Gasteiger partial charge on any atom is -0.508 e. The molecule has 1 aliphatic heterocycles. The molecular weight excluding hydrogens is 378 g/mol. The number of rotatable bonds is 5. The molecule has 4 rings (SSSR count). The Labute approximate surface area is 166 Å². The van der Waals surface area contributed by atoms with Gasteiger partial charge in [0.05, 0.1) is 12.7 Å². The molecule has 0 bridgehead atoms. The Bertz CT molecular complexity index is 912. The Kier molecular flexibility index (Phi) is 5.63. The number of hydrogen-bond acceptors (Lipinski definition) is 7. The van der Waals surface area contributed by atoms with Crippen molar-refractivity contribution in [3.63, 3.8) is 0 Å². The molecule has 2 aromatic carbocycles. The largest absolute Gasteiger partial charge is 0.508 e. The molecular formula is C21H23NO5S. The fraction of sp³-hybridized carbons (Fsp3) is 0.333. The van der Waals surface area contributed by atoms with Gasteiger partial charge in [0.2, 0.25) is 0 Å². The van der Waals surface area contributed by atoms with Crippen LogP contribution in [0.5, 0.6) is 5.75 Å². The summed E-state index contributed by atoms with van der Waals surface area (Å²) >= 11 is 1.71. The van der Waals surface area contributed by atoms with Crippen LogP contribution in [-0.4, -0.2) is 40.2 Å². The van der Waals surface area contributed by atoms with Crippen molar-refractivity contribution in [2.75, 3.05) is 6.61 Å². The molecule has 1 aromatic heterocycles. The van der Waals surface area contributed by atoms with Gasteiger partial charge in [-0.15, -0.1) is 11.3 Å². The first-order valence-corrected chi connectivity index (χ1v) is 10.00. The Morgan fingerprint density at radius 2 is 2.00 bits per heavy atom. The molecule has 1 aliphatic rings. The van der Waals surface area contributed by atoms with Crippen LogP contribution in [0, 0.1) is 0 Å². The Morgan fingerprint density at radius 3 is 2.75 bits per heavy atom. The monoisotopic (exact) mass is 401 g/mol. The quantitative estimate of drug-likeness (QED) is 0.490. The number of benzene rings is 2. The number of aromatic hydroxyl groups is 1. The van der Waals surface area contributed by atoms with E-state index in [1.54, 1.807) is 23.5 Å². The molecule has 1 saturated heterocycles. The second-order valence-electron chi connectivity index (χ2n) is 7.06. The van der Waals surface area contributed by atoms with Crippen molar-refractivity contribution in [1.82, 2.24) is 0 Å². The number of aliphatic hydroxyl groups is 2. The highest BCUT2D eigenvalue weighted by Crippen LogP contribution is 2.36. The predicted molar refractivity (Wildman–Crippen MR) is 107 cm³/mol. The Hall–Kier alpha value is -2.00. The van der Waals surface area contributed by atoms with Crippen LogP contribution in [0.4, 0.5) is 0 Å². The summed E-state index contributed by atoms with van der Waals surface area (Å²) in [4.78, 5) is 6.04. The lowest BCUT2D eigenvalue weighted by Gasteiger charge is -2.37. The maximum Gasteiger partial charge on any atom is 0.119 e. The molecule has 1 fully saturated rings. The molecule has 0 amide bonds. The van der Waals surface area contributed by atoms with Gasteiger partial charge in [-0.1, -0.05) is 24.3 Å². The maximum absolute atomic E-state index is 10.3. The molecule has 3 aromatic rings. The van der Waals surface area contributed by atoms with Gasteiger partial charge < -0.3 is 20.1 Å². The van der Waals surface area contributed by atoms with Gasteiger partial charge >= 0.3 is 0 Å². The van der Waals surface area contributed by atoms with Gasteiger partial charge in [-0.25, -0.2) is 5.90 Å². The summed E-state index contributed by atoms with van der Waals surface area (Å²) in [5.74, 6) is 5.53. The van der Waals surface area contributed by atoms with Crippen molar-refractivity contribution in [2.24, 2.45) is 5.90 Å². The predicted octanol–water partition coefficient (Wildman–Crippen LogP) is 2.64. The zero-order chi connectivity index (χ0) is 19.7. The summed E-state index contributed by atoms with van der Waals surface area (Å²) in [6.45, 7) is -0.329. The average Bonchev–Trinajstić information content (AvgIpc) is 3.12. The molecule has 28 heavy (non-hydrogen) atoms. The lowest BCUT2D eigenvalue weighted by Crippen LogP contribution is -2.49. The lowest BCUT2D eigenvalue weighted by atomic mass is 9.92. The van der Waals surface area contributed by atoms with E-state index in [-0.39, 0.29) is 12.4 Å². The third-order valence-corrected chi connectivity index (χ3v) is 6.33. The Balaban J connectivity index is 1.59. The molecule has 148 valence electrons. The van der Waals surface area contributed by atoms with Gasteiger partial charge in [0.15, 0.2) is 0 Å². The molecule has 1 unspecified atom stereocenters. The van der Waals surface area contributed by atoms with E-state index in [4.69, 9.17) is 15.5 Å². The van der Waals surface area contributed by atoms with Crippen LogP contribution in [0.3, 0.4) is 0 Å². The van der Waals surface area contributed by atoms with Gasteiger partial charge in [-0.3, -0.25) is 4.84 Å². The summed E-state index contributed by atoms with van der Waals surface area (Å²) in [6, 6.07) is 15.7. The molecule has 0 aliphatic carbocycles. The van der Waals surface area contributed by atoms with Crippen molar-refractivity contribution in [3.8, 4) is 5.75 Å². The summed E-state index contributed by atoms with van der Waals surface area (Å²) in [7, 11) is 0. The fourth-order valence-electron chi connectivity index (χ4n) is 3.70. The average molecular weight is 401 g/mol. The van der Waals surface area contributed by atoms with Crippen LogP contribution in [0.2, 0.25) is 0 Å². The van der Waals surface area contributed by atoms with Crippen molar-refractivity contribution in [3.05, 3.63) is 64.5 Å². The van der Waals surface area contributed by atoms with Crippen LogP contribution in [-0.2, 0) is 16.0 Å². The standard InChI is InChI=1S/C21H23NO5S/c22-27-18-10-17(26-19(11-23)21(18)25)12-5-6-16(24)14(7-12)9-15-8-13-3-1-2-4-20(13)28-15/h1-8,17-19,21,23-25H,9-11,22H2/t17-,18?,19-,21-/m1/s1. The second-order valence-corrected chi connectivity index (χ2v) is 8.23. The number of phenols is 1. The summed E-state index contributed by atoms with van der Waals surface area (Å²) in [5, 5.41) is 31.1. The second kappa shape index (κ2) is 8.16. The number of fused-ring (bicyclic) bond motifs is 1. The SMILES string of the molecule is NOC1C[C@H](c2ccc(O)c(Cc3cc4ccccc4s3)c2)O[C@H](CO)[C@@H]1O. The van der Waals surface area contributed by atoms with Gasteiger partial charge in [0.25, 0.3) is 0 Å². The lowest BCUT2D eigenvalue weighted by molar-refractivity contribution is -0.196. The number of ether oxygens (including phenoxy) is 1. The van der Waals surface area contributed by atoms with Gasteiger partial charge in [-0.05, 0) is 40.8 Å². The zero-order valence-electron chi connectivity index (χ0n) is 15.2. The highest BCUT2D eigenvalue weighted by molar-refractivity contribution is 7.19.